The molecular formula is C19H18N4O3. The fourth-order valence-corrected chi connectivity index (χ4v) is 2.53. The first-order valence-corrected chi connectivity index (χ1v) is 8.08. The van der Waals surface area contributed by atoms with Gasteiger partial charge in [0.2, 0.25) is 0 Å². The second kappa shape index (κ2) is 7.71. The number of benzene rings is 2. The molecule has 0 saturated carbocycles. The maximum Gasteiger partial charge on any atom is 0.273 e. The molecule has 0 unspecified atom stereocenters. The van der Waals surface area contributed by atoms with Crippen molar-refractivity contribution < 1.29 is 14.7 Å². The third-order valence-corrected chi connectivity index (χ3v) is 3.95. The number of aliphatic hydroxyl groups excluding tert-OH is 1. The zero-order chi connectivity index (χ0) is 18.5. The minimum absolute atomic E-state index is 0.254. The number of carbonyl (C=O) groups is 2. The van der Waals surface area contributed by atoms with Crippen molar-refractivity contribution in [1.82, 2.24) is 5.43 Å². The lowest BCUT2D eigenvalue weighted by Gasteiger charge is -2.12. The Labute approximate surface area is 150 Å². The Hall–Kier alpha value is -3.32. The van der Waals surface area contributed by atoms with Crippen molar-refractivity contribution in [3.63, 3.8) is 0 Å². The van der Waals surface area contributed by atoms with Gasteiger partial charge in [0.1, 0.15) is 5.92 Å². The Morgan fingerprint density at radius 2 is 1.81 bits per heavy atom. The van der Waals surface area contributed by atoms with E-state index in [1.54, 1.807) is 49.4 Å². The van der Waals surface area contributed by atoms with E-state index in [0.717, 1.165) is 0 Å². The average molecular weight is 350 g/mol. The number of aliphatic hydroxyl groups is 1. The Bertz CT molecular complexity index is 850. The van der Waals surface area contributed by atoms with Crippen molar-refractivity contribution in [3.8, 4) is 0 Å². The fraction of sp³-hybridized carbons (Fsp3) is 0.158. The molecular weight excluding hydrogens is 332 g/mol. The number of nitrogens with one attached hydrogen (secondary N) is 1. The molecule has 2 aromatic rings. The quantitative estimate of drug-likeness (QED) is 0.636. The Morgan fingerprint density at radius 1 is 1.19 bits per heavy atom. The highest BCUT2D eigenvalue weighted by Crippen LogP contribution is 2.22. The highest BCUT2D eigenvalue weighted by Gasteiger charge is 2.33. The van der Waals surface area contributed by atoms with Gasteiger partial charge in [0.15, 0.2) is 6.10 Å². The van der Waals surface area contributed by atoms with Crippen LogP contribution in [0.3, 0.4) is 0 Å². The van der Waals surface area contributed by atoms with Gasteiger partial charge >= 0.3 is 0 Å². The Balaban J connectivity index is 1.63. The number of para-hydroxylation sites is 1. The summed E-state index contributed by atoms with van der Waals surface area (Å²) in [4.78, 5) is 24.5. The van der Waals surface area contributed by atoms with Crippen LogP contribution in [0.15, 0.2) is 70.9 Å². The van der Waals surface area contributed by atoms with Crippen LogP contribution < -0.4 is 10.4 Å². The number of carbonyl (C=O) groups excluding carboxylic acids is 2. The minimum Gasteiger partial charge on any atom is -0.378 e. The number of rotatable bonds is 5. The van der Waals surface area contributed by atoms with E-state index in [-0.39, 0.29) is 5.91 Å². The summed E-state index contributed by atoms with van der Waals surface area (Å²) in [6, 6.07) is 17.6. The number of hydrogen-bond acceptors (Lipinski definition) is 5. The standard InChI is InChI=1S/C19H18N4O3/c1-13-16(19(26)23(22-13)15-10-6-3-7-11-15)12-20-21-18(25)17(24)14-8-4-2-5-9-14/h2-12,16-17,24H,1H3,(H,21,25)/b20-12-/t16-,17+/m1/s1. The topological polar surface area (TPSA) is 94.4 Å². The molecule has 2 aromatic carbocycles. The number of hydrazone groups is 2. The molecule has 1 aliphatic heterocycles. The van der Waals surface area contributed by atoms with Crippen LogP contribution in [-0.4, -0.2) is 28.8 Å². The van der Waals surface area contributed by atoms with E-state index in [2.05, 4.69) is 15.6 Å². The maximum atomic E-state index is 12.5. The van der Waals surface area contributed by atoms with Gasteiger partial charge in [-0.2, -0.15) is 15.2 Å². The maximum absolute atomic E-state index is 12.5. The molecule has 2 amide bonds. The van der Waals surface area contributed by atoms with Crippen molar-refractivity contribution in [1.29, 1.82) is 0 Å². The molecule has 2 N–H and O–H groups in total. The van der Waals surface area contributed by atoms with Gasteiger partial charge in [-0.25, -0.2) is 5.43 Å². The summed E-state index contributed by atoms with van der Waals surface area (Å²) in [5.74, 6) is -1.59. The molecule has 3 rings (SSSR count). The van der Waals surface area contributed by atoms with Crippen LogP contribution in [0, 0.1) is 5.92 Å². The predicted octanol–water partition coefficient (Wildman–Crippen LogP) is 1.86. The molecule has 2 atom stereocenters. The molecule has 1 aliphatic rings. The zero-order valence-electron chi connectivity index (χ0n) is 14.1. The summed E-state index contributed by atoms with van der Waals surface area (Å²) in [7, 11) is 0. The van der Waals surface area contributed by atoms with E-state index in [4.69, 9.17) is 0 Å². The van der Waals surface area contributed by atoms with Crippen LogP contribution in [0.2, 0.25) is 0 Å². The summed E-state index contributed by atoms with van der Waals surface area (Å²) in [5.41, 5.74) is 3.95. The van der Waals surface area contributed by atoms with E-state index >= 15 is 0 Å². The second-order valence-corrected chi connectivity index (χ2v) is 5.77. The zero-order valence-corrected chi connectivity index (χ0v) is 14.1. The van der Waals surface area contributed by atoms with Crippen molar-refractivity contribution >= 4 is 29.4 Å². The fourth-order valence-electron chi connectivity index (χ4n) is 2.53. The SMILES string of the molecule is CC1=NN(c2ccccc2)C(=O)[C@@H]1/C=N\NC(=O)[C@@H](O)c1ccccc1. The predicted molar refractivity (Wildman–Crippen MR) is 98.6 cm³/mol. The van der Waals surface area contributed by atoms with E-state index in [9.17, 15) is 14.7 Å². The molecule has 0 spiro atoms. The Kier molecular flexibility index (Phi) is 5.19. The molecule has 0 fully saturated rings. The van der Waals surface area contributed by atoms with Crippen LogP contribution >= 0.6 is 0 Å². The lowest BCUT2D eigenvalue weighted by Crippen LogP contribution is -2.30. The number of hydrogen-bond donors (Lipinski definition) is 2. The molecule has 0 saturated heterocycles. The monoisotopic (exact) mass is 350 g/mol. The van der Waals surface area contributed by atoms with Gasteiger partial charge in [0, 0.05) is 6.21 Å². The van der Waals surface area contributed by atoms with Crippen molar-refractivity contribution in [3.05, 3.63) is 66.2 Å². The largest absolute Gasteiger partial charge is 0.378 e. The van der Waals surface area contributed by atoms with Gasteiger partial charge in [-0.15, -0.1) is 0 Å². The van der Waals surface area contributed by atoms with Gasteiger partial charge in [-0.3, -0.25) is 9.59 Å². The van der Waals surface area contributed by atoms with Crippen molar-refractivity contribution in [2.24, 2.45) is 16.1 Å². The number of nitrogens with zero attached hydrogens (tertiary/aromatic N) is 3. The molecule has 0 radical (unpaired) electrons. The van der Waals surface area contributed by atoms with Gasteiger partial charge in [0.05, 0.1) is 11.4 Å². The molecule has 7 heteroatoms. The highest BCUT2D eigenvalue weighted by atomic mass is 16.3. The molecule has 7 nitrogen and oxygen atoms in total. The van der Waals surface area contributed by atoms with Crippen LogP contribution in [0.4, 0.5) is 5.69 Å². The van der Waals surface area contributed by atoms with Gasteiger partial charge in [0.25, 0.3) is 11.8 Å². The van der Waals surface area contributed by atoms with E-state index in [1.165, 1.54) is 11.2 Å². The van der Waals surface area contributed by atoms with Gasteiger partial charge in [-0.1, -0.05) is 48.5 Å². The molecule has 26 heavy (non-hydrogen) atoms. The highest BCUT2D eigenvalue weighted by molar-refractivity contribution is 6.23. The lowest BCUT2D eigenvalue weighted by molar-refractivity contribution is -0.129. The van der Waals surface area contributed by atoms with E-state index < -0.39 is 17.9 Å². The van der Waals surface area contributed by atoms with E-state index in [1.807, 2.05) is 18.2 Å². The molecule has 0 aromatic heterocycles. The van der Waals surface area contributed by atoms with Crippen LogP contribution in [-0.2, 0) is 9.59 Å². The third kappa shape index (κ3) is 3.68. The second-order valence-electron chi connectivity index (χ2n) is 5.77. The third-order valence-electron chi connectivity index (χ3n) is 3.95. The summed E-state index contributed by atoms with van der Waals surface area (Å²) < 4.78 is 0. The molecule has 132 valence electrons. The summed E-state index contributed by atoms with van der Waals surface area (Å²) >= 11 is 0. The molecule has 0 bridgehead atoms. The summed E-state index contributed by atoms with van der Waals surface area (Å²) in [6.45, 7) is 1.72. The average Bonchev–Trinajstić information content (AvgIpc) is 2.97. The van der Waals surface area contributed by atoms with Gasteiger partial charge in [-0.05, 0) is 24.6 Å². The Morgan fingerprint density at radius 3 is 2.46 bits per heavy atom. The molecule has 1 heterocycles. The first kappa shape index (κ1) is 17.5. The van der Waals surface area contributed by atoms with Crippen LogP contribution in [0.1, 0.15) is 18.6 Å². The molecule has 0 aliphatic carbocycles. The van der Waals surface area contributed by atoms with Crippen molar-refractivity contribution in [2.75, 3.05) is 5.01 Å². The minimum atomic E-state index is -1.33. The normalized spacial score (nSPS) is 18.1. The van der Waals surface area contributed by atoms with E-state index in [0.29, 0.717) is 17.0 Å². The first-order chi connectivity index (χ1) is 12.6. The van der Waals surface area contributed by atoms with Crippen LogP contribution in [0.25, 0.3) is 0 Å². The summed E-state index contributed by atoms with van der Waals surface area (Å²) in [6.07, 6.45) is -0.0112. The van der Waals surface area contributed by atoms with Gasteiger partial charge < -0.3 is 5.11 Å². The summed E-state index contributed by atoms with van der Waals surface area (Å²) in [5, 5.41) is 19.4. The van der Waals surface area contributed by atoms with Crippen molar-refractivity contribution in [2.45, 2.75) is 13.0 Å². The first-order valence-electron chi connectivity index (χ1n) is 8.08. The number of amides is 2. The lowest BCUT2D eigenvalue weighted by atomic mass is 10.1. The number of anilines is 1. The van der Waals surface area contributed by atoms with Crippen LogP contribution in [0.5, 0.6) is 0 Å². The smallest absolute Gasteiger partial charge is 0.273 e.